The number of carbonyl (C=O) groups excluding carboxylic acids is 4. The van der Waals surface area contributed by atoms with Gasteiger partial charge in [0, 0.05) is 30.8 Å². The van der Waals surface area contributed by atoms with Gasteiger partial charge in [-0.25, -0.2) is 4.68 Å². The van der Waals surface area contributed by atoms with Crippen LogP contribution in [0.15, 0.2) is 6.20 Å². The maximum absolute atomic E-state index is 13.7. The number of nitrogens with zero attached hydrogens (tertiary/aromatic N) is 3. The minimum Gasteiger partial charge on any atom is -0.462 e. The summed E-state index contributed by atoms with van der Waals surface area (Å²) in [6, 6.07) is -1.01. The van der Waals surface area contributed by atoms with E-state index in [1.807, 2.05) is 0 Å². The molecule has 1 aliphatic rings. The van der Waals surface area contributed by atoms with Crippen molar-refractivity contribution in [1.82, 2.24) is 20.3 Å². The van der Waals surface area contributed by atoms with Crippen molar-refractivity contribution in [1.29, 1.82) is 0 Å². The Balaban J connectivity index is 2.04. The molecule has 1 saturated heterocycles. The number of anilines is 1. The first kappa shape index (κ1) is 57.3. The zero-order valence-electron chi connectivity index (χ0n) is 39.4. The first-order valence-electron chi connectivity index (χ1n) is 24.8. The maximum atomic E-state index is 13.7. The molecule has 0 radical (unpaired) electrons. The standard InChI is InChI=1S/C47H85N5O11S/c1-4-7-10-13-16-19-22-25-28-40(53)48-37(46(59)49-39-32-52(51-50-39)31-38-43(56)44(57)45(58)47(60)63-38)35-64-34-36(62-42(55)30-27-24-21-18-15-12-9-6-3)33-61-41(54)29-26-23-20-17-14-11-8-5-2/h32,36-38,43-45,47,56-58,60H,4-31,33-35H2,1-3H3,(H,48,53)(H,49,59)/t36-,37-,38?,43?,44?,45?,47?/m1/s1. The van der Waals surface area contributed by atoms with Gasteiger partial charge in [0.25, 0.3) is 0 Å². The van der Waals surface area contributed by atoms with Gasteiger partial charge in [0.05, 0.1) is 12.7 Å². The molecule has 17 heteroatoms. The van der Waals surface area contributed by atoms with Gasteiger partial charge in [-0.15, -0.1) is 5.10 Å². The summed E-state index contributed by atoms with van der Waals surface area (Å²) < 4.78 is 17.9. The van der Waals surface area contributed by atoms with Gasteiger partial charge in [-0.2, -0.15) is 11.8 Å². The predicted octanol–water partition coefficient (Wildman–Crippen LogP) is 7.28. The molecule has 0 aliphatic carbocycles. The number of carbonyl (C=O) groups is 4. The topological polar surface area (TPSA) is 232 Å². The van der Waals surface area contributed by atoms with Crippen LogP contribution in [0.1, 0.15) is 194 Å². The summed E-state index contributed by atoms with van der Waals surface area (Å²) in [5.74, 6) is -1.17. The number of esters is 2. The van der Waals surface area contributed by atoms with Gasteiger partial charge < -0.3 is 45.3 Å². The van der Waals surface area contributed by atoms with Crippen molar-refractivity contribution in [2.75, 3.05) is 23.4 Å². The number of aromatic nitrogens is 3. The van der Waals surface area contributed by atoms with Crippen molar-refractivity contribution in [2.24, 2.45) is 0 Å². The van der Waals surface area contributed by atoms with Gasteiger partial charge in [-0.05, 0) is 19.3 Å². The third kappa shape index (κ3) is 26.3. The Morgan fingerprint density at radius 1 is 0.672 bits per heavy atom. The van der Waals surface area contributed by atoms with Crippen LogP contribution in [0, 0.1) is 0 Å². The van der Waals surface area contributed by atoms with Gasteiger partial charge in [0.2, 0.25) is 11.8 Å². The quantitative estimate of drug-likeness (QED) is 0.0282. The van der Waals surface area contributed by atoms with Gasteiger partial charge in [-0.3, -0.25) is 19.2 Å². The largest absolute Gasteiger partial charge is 0.462 e. The number of nitrogens with one attached hydrogen (secondary N) is 2. The lowest BCUT2D eigenvalue weighted by Gasteiger charge is -2.38. The normalized spacial score (nSPS) is 19.5. The summed E-state index contributed by atoms with van der Waals surface area (Å²) in [5, 5.41) is 53.6. The van der Waals surface area contributed by atoms with Crippen molar-refractivity contribution in [3.05, 3.63) is 6.20 Å². The van der Waals surface area contributed by atoms with Gasteiger partial charge in [-0.1, -0.05) is 161 Å². The highest BCUT2D eigenvalue weighted by Crippen LogP contribution is 2.22. The fraction of sp³-hybridized carbons (Fsp3) is 0.872. The average Bonchev–Trinajstić information content (AvgIpc) is 3.72. The summed E-state index contributed by atoms with van der Waals surface area (Å²) in [7, 11) is 0. The molecule has 6 N–H and O–H groups in total. The number of unbranched alkanes of at least 4 members (excludes halogenated alkanes) is 21. The SMILES string of the molecule is CCCCCCCCCCC(=O)N[C@H](CSC[C@@H](COC(=O)CCCCCCCCCC)OC(=O)CCCCCCCCCC)C(=O)Nc1cn(CC2OC(O)C(O)C(O)C2O)nn1. The third-order valence-corrected chi connectivity index (χ3v) is 12.7. The molecule has 2 amide bonds. The van der Waals surface area contributed by atoms with Crippen LogP contribution >= 0.6 is 11.8 Å². The van der Waals surface area contributed by atoms with Crippen molar-refractivity contribution in [3.8, 4) is 0 Å². The molecular weight excluding hydrogens is 843 g/mol. The average molecular weight is 928 g/mol. The number of amides is 2. The molecule has 64 heavy (non-hydrogen) atoms. The number of rotatable bonds is 39. The lowest BCUT2D eigenvalue weighted by molar-refractivity contribution is -0.284. The Hall–Kier alpha value is -2.83. The van der Waals surface area contributed by atoms with E-state index in [0.29, 0.717) is 19.3 Å². The molecule has 16 nitrogen and oxygen atoms in total. The molecule has 2 rings (SSSR count). The van der Waals surface area contributed by atoms with E-state index in [0.717, 1.165) is 64.2 Å². The first-order valence-corrected chi connectivity index (χ1v) is 25.9. The van der Waals surface area contributed by atoms with Crippen LogP contribution in [-0.2, 0) is 39.9 Å². The van der Waals surface area contributed by atoms with E-state index < -0.39 is 48.8 Å². The lowest BCUT2D eigenvalue weighted by Crippen LogP contribution is -2.58. The minimum absolute atomic E-state index is 0.0416. The summed E-state index contributed by atoms with van der Waals surface area (Å²) in [4.78, 5) is 52.6. The van der Waals surface area contributed by atoms with Crippen LogP contribution in [0.5, 0.6) is 0 Å². The number of hydrogen-bond acceptors (Lipinski definition) is 14. The van der Waals surface area contributed by atoms with Crippen LogP contribution in [-0.4, -0.2) is 120 Å². The molecule has 2 heterocycles. The summed E-state index contributed by atoms with van der Waals surface area (Å²) in [6.07, 6.45) is 19.9. The van der Waals surface area contributed by atoms with E-state index in [4.69, 9.17) is 14.2 Å². The van der Waals surface area contributed by atoms with Crippen LogP contribution in [0.4, 0.5) is 5.82 Å². The Morgan fingerprint density at radius 3 is 1.72 bits per heavy atom. The number of hydrogen-bond donors (Lipinski definition) is 6. The van der Waals surface area contributed by atoms with E-state index in [-0.39, 0.29) is 61.2 Å². The van der Waals surface area contributed by atoms with Gasteiger partial charge >= 0.3 is 11.9 Å². The highest BCUT2D eigenvalue weighted by molar-refractivity contribution is 7.99. The molecule has 0 saturated carbocycles. The van der Waals surface area contributed by atoms with E-state index in [2.05, 4.69) is 41.7 Å². The van der Waals surface area contributed by atoms with Crippen LogP contribution in [0.3, 0.4) is 0 Å². The molecule has 1 fully saturated rings. The number of aliphatic hydroxyl groups is 4. The Labute approximate surface area is 387 Å². The van der Waals surface area contributed by atoms with Gasteiger partial charge in [0.1, 0.15) is 43.2 Å². The number of aliphatic hydroxyl groups excluding tert-OH is 4. The second-order valence-corrected chi connectivity index (χ2v) is 18.6. The Morgan fingerprint density at radius 2 is 1.17 bits per heavy atom. The number of ether oxygens (including phenoxy) is 3. The molecule has 0 spiro atoms. The van der Waals surface area contributed by atoms with Crippen molar-refractivity contribution >= 4 is 41.3 Å². The van der Waals surface area contributed by atoms with Crippen molar-refractivity contribution in [2.45, 2.75) is 244 Å². The van der Waals surface area contributed by atoms with Crippen molar-refractivity contribution in [3.63, 3.8) is 0 Å². The summed E-state index contributed by atoms with van der Waals surface area (Å²) in [5.41, 5.74) is 0. The molecule has 7 atom stereocenters. The van der Waals surface area contributed by atoms with Crippen LogP contribution in [0.25, 0.3) is 0 Å². The molecule has 370 valence electrons. The van der Waals surface area contributed by atoms with E-state index in [9.17, 15) is 39.6 Å². The second-order valence-electron chi connectivity index (χ2n) is 17.5. The smallest absolute Gasteiger partial charge is 0.306 e. The van der Waals surface area contributed by atoms with E-state index in [1.165, 1.54) is 99.7 Å². The molecule has 5 unspecified atom stereocenters. The summed E-state index contributed by atoms with van der Waals surface area (Å²) >= 11 is 1.29. The highest BCUT2D eigenvalue weighted by atomic mass is 32.2. The zero-order valence-corrected chi connectivity index (χ0v) is 40.3. The number of thioether (sulfide) groups is 1. The Kier molecular flexibility index (Phi) is 32.5. The summed E-state index contributed by atoms with van der Waals surface area (Å²) in [6.45, 7) is 6.30. The molecule has 1 aromatic rings. The molecular formula is C47H85N5O11S. The van der Waals surface area contributed by atoms with Crippen molar-refractivity contribution < 1.29 is 53.8 Å². The Bertz CT molecular complexity index is 1390. The second kappa shape index (κ2) is 36.3. The fourth-order valence-corrected chi connectivity index (χ4v) is 8.57. The highest BCUT2D eigenvalue weighted by Gasteiger charge is 2.43. The van der Waals surface area contributed by atoms with Gasteiger partial charge in [0.15, 0.2) is 12.1 Å². The maximum Gasteiger partial charge on any atom is 0.306 e. The zero-order chi connectivity index (χ0) is 46.8. The van der Waals surface area contributed by atoms with E-state index >= 15 is 0 Å². The lowest BCUT2D eigenvalue weighted by atomic mass is 9.99. The molecule has 0 bridgehead atoms. The first-order chi connectivity index (χ1) is 31.0. The third-order valence-electron chi connectivity index (χ3n) is 11.5. The molecule has 1 aromatic heterocycles. The predicted molar refractivity (Wildman–Crippen MR) is 249 cm³/mol. The van der Waals surface area contributed by atoms with Crippen LogP contribution < -0.4 is 10.6 Å². The molecule has 1 aliphatic heterocycles. The minimum atomic E-state index is -1.72. The van der Waals surface area contributed by atoms with E-state index in [1.54, 1.807) is 0 Å². The molecule has 0 aromatic carbocycles. The van der Waals surface area contributed by atoms with Crippen LogP contribution in [0.2, 0.25) is 0 Å². The monoisotopic (exact) mass is 928 g/mol. The fourth-order valence-electron chi connectivity index (χ4n) is 7.54.